The summed E-state index contributed by atoms with van der Waals surface area (Å²) in [5.74, 6) is 2.49. The second-order valence-electron chi connectivity index (χ2n) is 5.34. The molecule has 0 aromatic carbocycles. The maximum absolute atomic E-state index is 5.30. The van der Waals surface area contributed by atoms with E-state index in [4.69, 9.17) is 4.42 Å². The third kappa shape index (κ3) is 6.25. The lowest BCUT2D eigenvalue weighted by atomic mass is 10.1. The minimum atomic E-state index is 0. The Kier molecular flexibility index (Phi) is 8.75. The van der Waals surface area contributed by atoms with Gasteiger partial charge in [0.1, 0.15) is 5.76 Å². The van der Waals surface area contributed by atoms with Gasteiger partial charge < -0.3 is 20.0 Å². The third-order valence-corrected chi connectivity index (χ3v) is 3.70. The van der Waals surface area contributed by atoms with Gasteiger partial charge in [0.05, 0.1) is 12.8 Å². The van der Waals surface area contributed by atoms with Gasteiger partial charge in [-0.3, -0.25) is 4.99 Å². The first-order chi connectivity index (χ1) is 9.81. The Morgan fingerprint density at radius 3 is 3.00 bits per heavy atom. The molecule has 0 aliphatic carbocycles. The van der Waals surface area contributed by atoms with Crippen molar-refractivity contribution < 1.29 is 4.42 Å². The average Bonchev–Trinajstić information content (AvgIpc) is 3.11. The maximum Gasteiger partial charge on any atom is 0.191 e. The number of rotatable bonds is 6. The molecule has 5 nitrogen and oxygen atoms in total. The SMILES string of the molecule is CCCN1CCC(CNC(=NC)NCc2ccco2)C1.I. The number of hydrogen-bond donors (Lipinski definition) is 2. The first-order valence-corrected chi connectivity index (χ1v) is 7.51. The topological polar surface area (TPSA) is 52.8 Å². The van der Waals surface area contributed by atoms with Crippen molar-refractivity contribution in [1.29, 1.82) is 0 Å². The Morgan fingerprint density at radius 2 is 2.33 bits per heavy atom. The zero-order chi connectivity index (χ0) is 14.2. The Hall–Kier alpha value is -0.760. The highest BCUT2D eigenvalue weighted by molar-refractivity contribution is 14.0. The van der Waals surface area contributed by atoms with E-state index in [1.54, 1.807) is 13.3 Å². The number of guanidine groups is 1. The molecule has 2 heterocycles. The molecule has 2 N–H and O–H groups in total. The summed E-state index contributed by atoms with van der Waals surface area (Å²) in [7, 11) is 1.80. The summed E-state index contributed by atoms with van der Waals surface area (Å²) in [5.41, 5.74) is 0. The van der Waals surface area contributed by atoms with Crippen LogP contribution in [0.3, 0.4) is 0 Å². The largest absolute Gasteiger partial charge is 0.467 e. The number of furan rings is 1. The lowest BCUT2D eigenvalue weighted by molar-refractivity contribution is 0.324. The van der Waals surface area contributed by atoms with Gasteiger partial charge in [-0.2, -0.15) is 0 Å². The quantitative estimate of drug-likeness (QED) is 0.433. The Balaban J connectivity index is 0.00000220. The maximum atomic E-state index is 5.30. The molecule has 1 aliphatic rings. The van der Waals surface area contributed by atoms with E-state index in [0.29, 0.717) is 6.54 Å². The van der Waals surface area contributed by atoms with Crippen LogP contribution >= 0.6 is 24.0 Å². The lowest BCUT2D eigenvalue weighted by Crippen LogP contribution is -2.39. The molecular weight excluding hydrogens is 379 g/mol. The summed E-state index contributed by atoms with van der Waals surface area (Å²) < 4.78 is 5.30. The second-order valence-corrected chi connectivity index (χ2v) is 5.34. The van der Waals surface area contributed by atoms with E-state index in [2.05, 4.69) is 27.4 Å². The molecule has 2 rings (SSSR count). The summed E-state index contributed by atoms with van der Waals surface area (Å²) in [4.78, 5) is 6.79. The molecule has 1 aromatic heterocycles. The van der Waals surface area contributed by atoms with Crippen molar-refractivity contribution in [2.45, 2.75) is 26.3 Å². The van der Waals surface area contributed by atoms with Crippen LogP contribution in [0.4, 0.5) is 0 Å². The van der Waals surface area contributed by atoms with Crippen LogP contribution in [-0.4, -0.2) is 44.1 Å². The summed E-state index contributed by atoms with van der Waals surface area (Å²) >= 11 is 0. The van der Waals surface area contributed by atoms with E-state index in [1.807, 2.05) is 12.1 Å². The first-order valence-electron chi connectivity index (χ1n) is 7.51. The van der Waals surface area contributed by atoms with Crippen LogP contribution in [0.2, 0.25) is 0 Å². The standard InChI is InChI=1S/C15H26N4O.HI/c1-3-7-19-8-6-13(12-19)10-17-15(16-2)18-11-14-5-4-9-20-14;/h4-5,9,13H,3,6-8,10-12H2,1-2H3,(H2,16,17,18);1H. The van der Waals surface area contributed by atoms with Gasteiger partial charge >= 0.3 is 0 Å². The van der Waals surface area contributed by atoms with Crippen LogP contribution < -0.4 is 10.6 Å². The molecule has 0 spiro atoms. The second kappa shape index (κ2) is 10.0. The van der Waals surface area contributed by atoms with Crippen molar-refractivity contribution in [1.82, 2.24) is 15.5 Å². The number of likely N-dealkylation sites (tertiary alicyclic amines) is 1. The van der Waals surface area contributed by atoms with E-state index < -0.39 is 0 Å². The first kappa shape index (κ1) is 18.3. The predicted molar refractivity (Wildman–Crippen MR) is 97.2 cm³/mol. The number of halogens is 1. The fourth-order valence-electron chi connectivity index (χ4n) is 2.64. The van der Waals surface area contributed by atoms with Gasteiger partial charge in [0, 0.05) is 20.1 Å². The molecule has 21 heavy (non-hydrogen) atoms. The average molecular weight is 406 g/mol. The molecule has 6 heteroatoms. The van der Waals surface area contributed by atoms with Gasteiger partial charge in [-0.05, 0) is 44.0 Å². The molecule has 1 aliphatic heterocycles. The van der Waals surface area contributed by atoms with Crippen molar-refractivity contribution in [2.75, 3.05) is 33.2 Å². The Labute approximate surface area is 144 Å². The van der Waals surface area contributed by atoms with Crippen LogP contribution in [0.1, 0.15) is 25.5 Å². The molecule has 1 unspecified atom stereocenters. The van der Waals surface area contributed by atoms with E-state index in [9.17, 15) is 0 Å². The van der Waals surface area contributed by atoms with E-state index in [0.717, 1.165) is 24.2 Å². The van der Waals surface area contributed by atoms with Crippen LogP contribution in [0.5, 0.6) is 0 Å². The minimum absolute atomic E-state index is 0. The molecule has 1 aromatic rings. The number of aliphatic imine (C=N–C) groups is 1. The van der Waals surface area contributed by atoms with Crippen LogP contribution in [0.15, 0.2) is 27.8 Å². The highest BCUT2D eigenvalue weighted by atomic mass is 127. The molecule has 0 radical (unpaired) electrons. The van der Waals surface area contributed by atoms with Gasteiger partial charge in [0.15, 0.2) is 5.96 Å². The van der Waals surface area contributed by atoms with Gasteiger partial charge in [-0.1, -0.05) is 6.92 Å². The van der Waals surface area contributed by atoms with Gasteiger partial charge in [0.2, 0.25) is 0 Å². The fourth-order valence-corrected chi connectivity index (χ4v) is 2.64. The van der Waals surface area contributed by atoms with Crippen LogP contribution in [0.25, 0.3) is 0 Å². The van der Waals surface area contributed by atoms with E-state index >= 15 is 0 Å². The van der Waals surface area contributed by atoms with Gasteiger partial charge in [-0.25, -0.2) is 0 Å². The summed E-state index contributed by atoms with van der Waals surface area (Å²) in [6, 6.07) is 3.86. The summed E-state index contributed by atoms with van der Waals surface area (Å²) in [6.45, 7) is 7.56. The molecule has 1 fully saturated rings. The molecule has 1 saturated heterocycles. The normalized spacial score (nSPS) is 19.3. The summed E-state index contributed by atoms with van der Waals surface area (Å²) in [6.07, 6.45) is 4.21. The number of hydrogen-bond acceptors (Lipinski definition) is 3. The van der Waals surface area contributed by atoms with Crippen molar-refractivity contribution in [2.24, 2.45) is 10.9 Å². The van der Waals surface area contributed by atoms with E-state index in [1.165, 1.54) is 32.5 Å². The number of nitrogens with zero attached hydrogens (tertiary/aromatic N) is 2. The van der Waals surface area contributed by atoms with E-state index in [-0.39, 0.29) is 24.0 Å². The zero-order valence-electron chi connectivity index (χ0n) is 13.0. The predicted octanol–water partition coefficient (Wildman–Crippen LogP) is 2.29. The third-order valence-electron chi connectivity index (χ3n) is 3.70. The van der Waals surface area contributed by atoms with Gasteiger partial charge in [-0.15, -0.1) is 24.0 Å². The van der Waals surface area contributed by atoms with Crippen molar-refractivity contribution in [3.8, 4) is 0 Å². The molecule has 0 bridgehead atoms. The van der Waals surface area contributed by atoms with Crippen LogP contribution in [0, 0.1) is 5.92 Å². The molecule has 1 atom stereocenters. The zero-order valence-corrected chi connectivity index (χ0v) is 15.3. The minimum Gasteiger partial charge on any atom is -0.467 e. The lowest BCUT2D eigenvalue weighted by Gasteiger charge is -2.16. The van der Waals surface area contributed by atoms with Gasteiger partial charge in [0.25, 0.3) is 0 Å². The molecular formula is C15H27IN4O. The monoisotopic (exact) mass is 406 g/mol. The Morgan fingerprint density at radius 1 is 1.48 bits per heavy atom. The highest BCUT2D eigenvalue weighted by Crippen LogP contribution is 2.15. The van der Waals surface area contributed by atoms with Crippen molar-refractivity contribution in [3.05, 3.63) is 24.2 Å². The van der Waals surface area contributed by atoms with Crippen molar-refractivity contribution in [3.63, 3.8) is 0 Å². The van der Waals surface area contributed by atoms with Crippen molar-refractivity contribution >= 4 is 29.9 Å². The molecule has 0 amide bonds. The highest BCUT2D eigenvalue weighted by Gasteiger charge is 2.21. The molecule has 120 valence electrons. The summed E-state index contributed by atoms with van der Waals surface area (Å²) in [5, 5.41) is 6.67. The van der Waals surface area contributed by atoms with Crippen LogP contribution in [-0.2, 0) is 6.54 Å². The Bertz CT molecular complexity index is 408. The molecule has 0 saturated carbocycles. The fraction of sp³-hybridized carbons (Fsp3) is 0.667. The smallest absolute Gasteiger partial charge is 0.191 e. The number of nitrogens with one attached hydrogen (secondary N) is 2.